The second-order valence-electron chi connectivity index (χ2n) is 11.0. The first kappa shape index (κ1) is 27.5. The van der Waals surface area contributed by atoms with E-state index in [-0.39, 0.29) is 24.3 Å². The molecule has 1 aromatic carbocycles. The van der Waals surface area contributed by atoms with Crippen LogP contribution in [0.2, 0.25) is 0 Å². The fourth-order valence-electron chi connectivity index (χ4n) is 6.90. The quantitative estimate of drug-likeness (QED) is 0.501. The number of hydrogen-bond acceptors (Lipinski definition) is 5. The molecule has 1 N–H and O–H groups in total. The van der Waals surface area contributed by atoms with Gasteiger partial charge in [0.05, 0.1) is 29.2 Å². The molecule has 3 fully saturated rings. The number of aliphatic hydroxyl groups is 1. The lowest BCUT2D eigenvalue weighted by Crippen LogP contribution is -2.57. The third-order valence-corrected chi connectivity index (χ3v) is 10.5. The maximum absolute atomic E-state index is 14.6. The van der Waals surface area contributed by atoms with E-state index >= 15 is 0 Å². The van der Waals surface area contributed by atoms with E-state index in [0.29, 0.717) is 19.5 Å². The topological polar surface area (TPSA) is 81.2 Å². The Balaban J connectivity index is 1.86. The minimum atomic E-state index is -0.791. The highest BCUT2D eigenvalue weighted by Crippen LogP contribution is 2.71. The number of aryl methyl sites for hydroxylation is 2. The average Bonchev–Trinajstić information content (AvgIpc) is 3.42. The van der Waals surface area contributed by atoms with Gasteiger partial charge in [0, 0.05) is 30.6 Å². The summed E-state index contributed by atoms with van der Waals surface area (Å²) in [7, 11) is 1.74. The molecule has 8 heteroatoms. The van der Waals surface area contributed by atoms with E-state index in [0.717, 1.165) is 23.2 Å². The zero-order valence-electron chi connectivity index (χ0n) is 22.6. The Hall–Kier alpha value is -2.58. The number of hydrogen-bond donors (Lipinski definition) is 1. The normalized spacial score (nSPS) is 30.7. The van der Waals surface area contributed by atoms with E-state index in [1.165, 1.54) is 0 Å². The molecular weight excluding hydrogens is 486 g/mol. The molecule has 0 aliphatic carbocycles. The van der Waals surface area contributed by atoms with Gasteiger partial charge in [0.2, 0.25) is 11.8 Å². The number of nitrogens with zero attached hydrogens (tertiary/aromatic N) is 3. The van der Waals surface area contributed by atoms with Gasteiger partial charge < -0.3 is 19.8 Å². The summed E-state index contributed by atoms with van der Waals surface area (Å²) in [6, 6.07) is 4.56. The van der Waals surface area contributed by atoms with Gasteiger partial charge in [0.1, 0.15) is 6.04 Å². The Morgan fingerprint density at radius 1 is 1.19 bits per heavy atom. The highest BCUT2D eigenvalue weighted by Gasteiger charge is 2.77. The standard InChI is InChI=1S/C29H39N3O4S/c1-8-15-30(7)25(34)21-22-26(35)32(20(5)17-33)24(29(22)14-13-28(21,6)37-29)27(36)31(16-9-2)23-18(3)11-10-12-19(23)4/h8-12,20-22,24,33H,1-2,13-17H2,3-7H3/t20-,21-,22+,24?,28+,29?/m1/s1. The summed E-state index contributed by atoms with van der Waals surface area (Å²) in [6.45, 7) is 15.9. The summed E-state index contributed by atoms with van der Waals surface area (Å²) < 4.78 is -1.18. The number of carbonyl (C=O) groups is 3. The largest absolute Gasteiger partial charge is 0.394 e. The van der Waals surface area contributed by atoms with Gasteiger partial charge in [-0.15, -0.1) is 24.9 Å². The molecule has 3 amide bonds. The molecule has 6 atom stereocenters. The van der Waals surface area contributed by atoms with Crippen LogP contribution in [0.25, 0.3) is 0 Å². The molecule has 3 aliphatic rings. The minimum absolute atomic E-state index is 0.0859. The predicted molar refractivity (Wildman–Crippen MR) is 148 cm³/mol. The van der Waals surface area contributed by atoms with E-state index in [1.54, 1.807) is 52.6 Å². The van der Waals surface area contributed by atoms with Gasteiger partial charge in [-0.05, 0) is 51.7 Å². The number of aliphatic hydroxyl groups excluding tert-OH is 1. The van der Waals surface area contributed by atoms with E-state index in [1.807, 2.05) is 32.0 Å². The second-order valence-corrected chi connectivity index (χ2v) is 12.9. The van der Waals surface area contributed by atoms with Crippen molar-refractivity contribution in [3.8, 4) is 0 Å². The summed E-state index contributed by atoms with van der Waals surface area (Å²) in [5.74, 6) is -1.64. The van der Waals surface area contributed by atoms with Gasteiger partial charge in [-0.3, -0.25) is 14.4 Å². The molecular formula is C29H39N3O4S. The van der Waals surface area contributed by atoms with E-state index < -0.39 is 33.4 Å². The van der Waals surface area contributed by atoms with Crippen LogP contribution in [0.1, 0.15) is 37.8 Å². The molecule has 0 aromatic heterocycles. The van der Waals surface area contributed by atoms with Crippen molar-refractivity contribution in [1.82, 2.24) is 9.80 Å². The van der Waals surface area contributed by atoms with E-state index in [4.69, 9.17) is 0 Å². The number of thioether (sulfide) groups is 1. The van der Waals surface area contributed by atoms with Crippen molar-refractivity contribution in [1.29, 1.82) is 0 Å². The summed E-state index contributed by atoms with van der Waals surface area (Å²) in [5, 5.41) is 10.1. The molecule has 3 saturated heterocycles. The lowest BCUT2D eigenvalue weighted by atomic mass is 9.66. The zero-order valence-corrected chi connectivity index (χ0v) is 23.4. The van der Waals surface area contributed by atoms with Crippen molar-refractivity contribution < 1.29 is 19.5 Å². The number of fused-ring (bicyclic) bond motifs is 1. The Labute approximate surface area is 224 Å². The van der Waals surface area contributed by atoms with Crippen LogP contribution in [0.3, 0.4) is 0 Å². The molecule has 4 rings (SSSR count). The third-order valence-electron chi connectivity index (χ3n) is 8.52. The van der Waals surface area contributed by atoms with Crippen LogP contribution in [-0.2, 0) is 14.4 Å². The van der Waals surface area contributed by atoms with Crippen molar-refractivity contribution in [2.75, 3.05) is 31.6 Å². The van der Waals surface area contributed by atoms with Gasteiger partial charge in [-0.1, -0.05) is 30.4 Å². The maximum atomic E-state index is 14.6. The number of benzene rings is 1. The van der Waals surface area contributed by atoms with Crippen LogP contribution >= 0.6 is 11.8 Å². The first-order valence-electron chi connectivity index (χ1n) is 13.0. The van der Waals surface area contributed by atoms with E-state index in [2.05, 4.69) is 20.1 Å². The van der Waals surface area contributed by atoms with Gasteiger partial charge in [-0.2, -0.15) is 0 Å². The van der Waals surface area contributed by atoms with E-state index in [9.17, 15) is 19.5 Å². The van der Waals surface area contributed by atoms with Crippen molar-refractivity contribution in [3.05, 3.63) is 54.6 Å². The van der Waals surface area contributed by atoms with Crippen LogP contribution in [0, 0.1) is 25.7 Å². The monoisotopic (exact) mass is 525 g/mol. The molecule has 3 aliphatic heterocycles. The fraction of sp³-hybridized carbons (Fsp3) is 0.552. The zero-order chi connectivity index (χ0) is 27.3. The smallest absolute Gasteiger partial charge is 0.251 e. The molecule has 2 unspecified atom stereocenters. The highest BCUT2D eigenvalue weighted by molar-refractivity contribution is 8.02. The van der Waals surface area contributed by atoms with Gasteiger partial charge in [-0.25, -0.2) is 0 Å². The van der Waals surface area contributed by atoms with Crippen LogP contribution in [0.4, 0.5) is 5.69 Å². The second kappa shape index (κ2) is 9.95. The Kier molecular flexibility index (Phi) is 7.38. The Morgan fingerprint density at radius 2 is 1.81 bits per heavy atom. The molecule has 37 heavy (non-hydrogen) atoms. The van der Waals surface area contributed by atoms with Crippen LogP contribution < -0.4 is 4.90 Å². The van der Waals surface area contributed by atoms with Crippen LogP contribution in [0.15, 0.2) is 43.5 Å². The Morgan fingerprint density at radius 3 is 2.38 bits per heavy atom. The van der Waals surface area contributed by atoms with Crippen molar-refractivity contribution in [2.45, 2.75) is 62.1 Å². The number of amides is 3. The lowest BCUT2D eigenvalue weighted by molar-refractivity contribution is -0.145. The van der Waals surface area contributed by atoms with Gasteiger partial charge >= 0.3 is 0 Å². The van der Waals surface area contributed by atoms with Crippen LogP contribution in [-0.4, -0.2) is 80.9 Å². The fourth-order valence-corrected chi connectivity index (χ4v) is 9.23. The van der Waals surface area contributed by atoms with Crippen molar-refractivity contribution in [2.24, 2.45) is 11.8 Å². The van der Waals surface area contributed by atoms with Gasteiger partial charge in [0.25, 0.3) is 5.91 Å². The number of carbonyl (C=O) groups excluding carboxylic acids is 3. The molecule has 3 heterocycles. The lowest BCUT2D eigenvalue weighted by Gasteiger charge is -2.39. The summed E-state index contributed by atoms with van der Waals surface area (Å²) in [5.41, 5.74) is 2.74. The number of likely N-dealkylation sites (tertiary alicyclic amines) is 1. The minimum Gasteiger partial charge on any atom is -0.394 e. The van der Waals surface area contributed by atoms with Crippen molar-refractivity contribution >= 4 is 35.2 Å². The maximum Gasteiger partial charge on any atom is 0.251 e. The third kappa shape index (κ3) is 4.04. The average molecular weight is 526 g/mol. The number of rotatable bonds is 9. The summed E-state index contributed by atoms with van der Waals surface area (Å²) >= 11 is 1.64. The first-order chi connectivity index (χ1) is 17.5. The Bertz CT molecular complexity index is 1120. The summed E-state index contributed by atoms with van der Waals surface area (Å²) in [4.78, 5) is 47.5. The first-order valence-corrected chi connectivity index (χ1v) is 13.8. The number of para-hydroxylation sites is 1. The molecule has 2 bridgehead atoms. The molecule has 0 radical (unpaired) electrons. The number of likely N-dealkylation sites (N-methyl/N-ethyl adjacent to an activating group) is 1. The summed E-state index contributed by atoms with van der Waals surface area (Å²) in [6.07, 6.45) is 4.79. The predicted octanol–water partition coefficient (Wildman–Crippen LogP) is 3.33. The molecule has 7 nitrogen and oxygen atoms in total. The molecule has 1 aromatic rings. The highest BCUT2D eigenvalue weighted by atomic mass is 32.2. The SMILES string of the molecule is C=CCN(C)C(=O)[C@H]1[C@H]2C(=O)N([C@H](C)CO)C(C(=O)N(CC=C)c3c(C)cccc3C)C23CC[C@]1(C)S3. The molecule has 0 saturated carbocycles. The molecule has 200 valence electrons. The number of anilines is 1. The van der Waals surface area contributed by atoms with Gasteiger partial charge in [0.15, 0.2) is 0 Å². The van der Waals surface area contributed by atoms with Crippen molar-refractivity contribution in [3.63, 3.8) is 0 Å². The van der Waals surface area contributed by atoms with Crippen LogP contribution in [0.5, 0.6) is 0 Å². The molecule has 1 spiro atoms.